The zero-order valence-corrected chi connectivity index (χ0v) is 17.2. The number of amides is 1. The van der Waals surface area contributed by atoms with Gasteiger partial charge in [-0.3, -0.25) is 9.78 Å². The number of ether oxygens (including phenoxy) is 1. The van der Waals surface area contributed by atoms with Gasteiger partial charge in [0.2, 0.25) is 10.0 Å². The quantitative estimate of drug-likeness (QED) is 0.654. The monoisotopic (exact) mass is 493 g/mol. The molecule has 29 heavy (non-hydrogen) atoms. The topological polar surface area (TPSA) is 79.8 Å². The summed E-state index contributed by atoms with van der Waals surface area (Å²) in [5, 5.41) is 0. The number of carbonyl (C=O) groups excluding carboxylic acids is 1. The van der Waals surface area contributed by atoms with Crippen LogP contribution in [0.3, 0.4) is 0 Å². The van der Waals surface area contributed by atoms with Crippen LogP contribution in [0.4, 0.5) is 13.2 Å². The second-order valence-corrected chi connectivity index (χ2v) is 8.96. The number of aromatic nitrogens is 1. The van der Waals surface area contributed by atoms with Crippen LogP contribution in [0.25, 0.3) is 0 Å². The molecule has 1 fully saturated rings. The number of hydrogen-bond acceptors (Lipinski definition) is 5. The number of alkyl halides is 3. The summed E-state index contributed by atoms with van der Waals surface area (Å²) in [6.07, 6.45) is -1.87. The molecule has 1 aromatic heterocycles. The van der Waals surface area contributed by atoms with Gasteiger partial charge in [0, 0.05) is 43.0 Å². The molecule has 2 heterocycles. The Balaban J connectivity index is 1.66. The van der Waals surface area contributed by atoms with Crippen molar-refractivity contribution in [3.8, 4) is 5.75 Å². The van der Waals surface area contributed by atoms with E-state index in [0.717, 1.165) is 24.3 Å². The van der Waals surface area contributed by atoms with Gasteiger partial charge >= 0.3 is 6.36 Å². The van der Waals surface area contributed by atoms with E-state index in [1.54, 1.807) is 12.3 Å². The molecule has 0 unspecified atom stereocenters. The van der Waals surface area contributed by atoms with Crippen LogP contribution >= 0.6 is 15.9 Å². The lowest BCUT2D eigenvalue weighted by atomic mass is 10.2. The average molecular weight is 494 g/mol. The fourth-order valence-corrected chi connectivity index (χ4v) is 4.59. The smallest absolute Gasteiger partial charge is 0.406 e. The second-order valence-electron chi connectivity index (χ2n) is 6.11. The van der Waals surface area contributed by atoms with Crippen molar-refractivity contribution in [2.75, 3.05) is 26.2 Å². The Bertz CT molecular complexity index is 992. The predicted octanol–water partition coefficient (Wildman–Crippen LogP) is 2.89. The number of pyridine rings is 1. The predicted molar refractivity (Wildman–Crippen MR) is 99.7 cm³/mol. The first kappa shape index (κ1) is 21.5. The molecule has 1 saturated heterocycles. The van der Waals surface area contributed by atoms with E-state index in [-0.39, 0.29) is 37.0 Å². The average Bonchev–Trinajstić information content (AvgIpc) is 2.67. The number of benzene rings is 1. The van der Waals surface area contributed by atoms with Crippen molar-refractivity contribution in [3.05, 3.63) is 52.8 Å². The molecule has 0 spiro atoms. The Labute approximate surface area is 173 Å². The van der Waals surface area contributed by atoms with Gasteiger partial charge in [-0.2, -0.15) is 4.31 Å². The zero-order chi connectivity index (χ0) is 21.2. The molecule has 3 rings (SSSR count). The Morgan fingerprint density at radius 2 is 1.69 bits per heavy atom. The number of hydrogen-bond donors (Lipinski definition) is 0. The number of piperazine rings is 1. The van der Waals surface area contributed by atoms with E-state index in [2.05, 4.69) is 25.7 Å². The fraction of sp³-hybridized carbons (Fsp3) is 0.294. The molecule has 0 radical (unpaired) electrons. The summed E-state index contributed by atoms with van der Waals surface area (Å²) in [6, 6.07) is 5.63. The minimum absolute atomic E-state index is 0.0658. The highest BCUT2D eigenvalue weighted by Gasteiger charge is 2.33. The molecule has 1 amide bonds. The van der Waals surface area contributed by atoms with Crippen molar-refractivity contribution in [1.82, 2.24) is 14.2 Å². The third kappa shape index (κ3) is 5.25. The summed E-state index contributed by atoms with van der Waals surface area (Å²) >= 11 is 3.24. The van der Waals surface area contributed by atoms with Crippen LogP contribution in [0, 0.1) is 0 Å². The van der Waals surface area contributed by atoms with E-state index in [4.69, 9.17) is 0 Å². The van der Waals surface area contributed by atoms with Crippen molar-refractivity contribution in [3.63, 3.8) is 0 Å². The molecule has 12 heteroatoms. The molecular formula is C17H15BrF3N3O4S. The number of nitrogens with zero attached hydrogens (tertiary/aromatic N) is 3. The summed E-state index contributed by atoms with van der Waals surface area (Å²) in [7, 11) is -3.90. The molecule has 0 saturated carbocycles. The maximum Gasteiger partial charge on any atom is 0.573 e. The van der Waals surface area contributed by atoms with Crippen molar-refractivity contribution < 1.29 is 31.1 Å². The van der Waals surface area contributed by atoms with Crippen LogP contribution in [0.15, 0.2) is 52.1 Å². The normalized spacial score (nSPS) is 15.9. The Morgan fingerprint density at radius 3 is 2.24 bits per heavy atom. The summed E-state index contributed by atoms with van der Waals surface area (Å²) in [5.74, 6) is -0.765. The van der Waals surface area contributed by atoms with Gasteiger partial charge in [0.05, 0.1) is 10.5 Å². The Morgan fingerprint density at radius 1 is 1.07 bits per heavy atom. The van der Waals surface area contributed by atoms with Gasteiger partial charge in [0.15, 0.2) is 0 Å². The van der Waals surface area contributed by atoms with Crippen molar-refractivity contribution in [1.29, 1.82) is 0 Å². The molecule has 7 nitrogen and oxygen atoms in total. The minimum atomic E-state index is -4.85. The summed E-state index contributed by atoms with van der Waals surface area (Å²) < 4.78 is 67.7. The van der Waals surface area contributed by atoms with Crippen molar-refractivity contribution >= 4 is 31.9 Å². The first-order valence-electron chi connectivity index (χ1n) is 8.32. The molecular weight excluding hydrogens is 479 g/mol. The highest BCUT2D eigenvalue weighted by molar-refractivity contribution is 9.10. The van der Waals surface area contributed by atoms with Crippen LogP contribution in [-0.2, 0) is 10.0 Å². The third-order valence-corrected chi connectivity index (χ3v) is 6.52. The van der Waals surface area contributed by atoms with Crippen LogP contribution in [0.5, 0.6) is 5.75 Å². The number of carbonyl (C=O) groups is 1. The molecule has 156 valence electrons. The lowest BCUT2D eigenvalue weighted by molar-refractivity contribution is -0.274. The molecule has 0 N–H and O–H groups in total. The standard InChI is InChI=1S/C17H15BrF3N3O4S/c18-13-9-12(10-22-11-13)16(25)23-5-7-24(8-6-23)29(26,27)15-3-1-14(2-4-15)28-17(19,20)21/h1-4,9-11H,5-8H2. The summed E-state index contributed by atoms with van der Waals surface area (Å²) in [5.41, 5.74) is 0.385. The van der Waals surface area contributed by atoms with Gasteiger partial charge in [-0.25, -0.2) is 8.42 Å². The number of rotatable bonds is 4. The van der Waals surface area contributed by atoms with Crippen molar-refractivity contribution in [2.45, 2.75) is 11.3 Å². The largest absolute Gasteiger partial charge is 0.573 e. The van der Waals surface area contributed by atoms with E-state index in [0.29, 0.717) is 10.0 Å². The first-order valence-corrected chi connectivity index (χ1v) is 10.6. The maximum absolute atomic E-state index is 12.7. The fourth-order valence-electron chi connectivity index (χ4n) is 2.81. The molecule has 1 aliphatic rings. The summed E-state index contributed by atoms with van der Waals surface area (Å²) in [4.78, 5) is 17.8. The van der Waals surface area contributed by atoms with Gasteiger partial charge in [-0.15, -0.1) is 13.2 Å². The van der Waals surface area contributed by atoms with E-state index < -0.39 is 22.1 Å². The Hall–Kier alpha value is -2.18. The molecule has 2 aromatic rings. The maximum atomic E-state index is 12.7. The lowest BCUT2D eigenvalue weighted by Gasteiger charge is -2.34. The highest BCUT2D eigenvalue weighted by atomic mass is 79.9. The van der Waals surface area contributed by atoms with E-state index in [1.165, 1.54) is 15.4 Å². The van der Waals surface area contributed by atoms with E-state index in [9.17, 15) is 26.4 Å². The zero-order valence-electron chi connectivity index (χ0n) is 14.8. The van der Waals surface area contributed by atoms with Crippen LogP contribution in [0.1, 0.15) is 10.4 Å². The molecule has 0 bridgehead atoms. The minimum Gasteiger partial charge on any atom is -0.406 e. The lowest BCUT2D eigenvalue weighted by Crippen LogP contribution is -2.50. The van der Waals surface area contributed by atoms with Gasteiger partial charge in [-0.1, -0.05) is 0 Å². The second kappa shape index (κ2) is 8.28. The van der Waals surface area contributed by atoms with E-state index >= 15 is 0 Å². The van der Waals surface area contributed by atoms with Gasteiger partial charge in [0.25, 0.3) is 5.91 Å². The Kier molecular flexibility index (Phi) is 6.15. The highest BCUT2D eigenvalue weighted by Crippen LogP contribution is 2.25. The third-order valence-electron chi connectivity index (χ3n) is 4.17. The molecule has 0 atom stereocenters. The number of sulfonamides is 1. The summed E-state index contributed by atoms with van der Waals surface area (Å²) in [6.45, 7) is 0.492. The SMILES string of the molecule is O=C(c1cncc(Br)c1)N1CCN(S(=O)(=O)c2ccc(OC(F)(F)F)cc2)CC1. The first-order chi connectivity index (χ1) is 13.6. The van der Waals surface area contributed by atoms with Crippen LogP contribution in [-0.4, -0.2) is 61.1 Å². The van der Waals surface area contributed by atoms with E-state index in [1.807, 2.05) is 0 Å². The van der Waals surface area contributed by atoms with Gasteiger partial charge in [0.1, 0.15) is 5.75 Å². The van der Waals surface area contributed by atoms with Crippen LogP contribution in [0.2, 0.25) is 0 Å². The van der Waals surface area contributed by atoms with Gasteiger partial charge < -0.3 is 9.64 Å². The molecule has 0 aliphatic carbocycles. The van der Waals surface area contributed by atoms with Crippen LogP contribution < -0.4 is 4.74 Å². The van der Waals surface area contributed by atoms with Gasteiger partial charge in [-0.05, 0) is 46.3 Å². The number of halogens is 4. The molecule has 1 aromatic carbocycles. The van der Waals surface area contributed by atoms with Crippen molar-refractivity contribution in [2.24, 2.45) is 0 Å². The molecule has 1 aliphatic heterocycles.